The molecule has 3 fully saturated rings. The second-order valence-corrected chi connectivity index (χ2v) is 28.5. The summed E-state index contributed by atoms with van der Waals surface area (Å²) in [4.78, 5) is 98.8. The van der Waals surface area contributed by atoms with E-state index in [1.54, 1.807) is 0 Å². The van der Waals surface area contributed by atoms with E-state index >= 15 is 0 Å². The molecule has 3 amide bonds. The van der Waals surface area contributed by atoms with Gasteiger partial charge in [0, 0.05) is 67.6 Å². The fraction of sp³-hybridized carbons (Fsp3) is 0.524. The minimum Gasteiger partial charge on any atom is -0.462 e. The third kappa shape index (κ3) is 25.7. The van der Waals surface area contributed by atoms with Crippen LogP contribution in [0.25, 0.3) is 0 Å². The van der Waals surface area contributed by atoms with Crippen molar-refractivity contribution in [2.45, 2.75) is 203 Å². The van der Waals surface area contributed by atoms with E-state index in [0.29, 0.717) is 125 Å². The van der Waals surface area contributed by atoms with Gasteiger partial charge in [0.1, 0.15) is 0 Å². The van der Waals surface area contributed by atoms with E-state index in [-0.39, 0.29) is 55.6 Å². The molecule has 2 atom stereocenters. The number of ether oxygens (including phenoxy) is 3. The first-order valence-electron chi connectivity index (χ1n) is 36.7. The van der Waals surface area contributed by atoms with Gasteiger partial charge in [-0.2, -0.15) is 0 Å². The van der Waals surface area contributed by atoms with Gasteiger partial charge in [0.2, 0.25) is 0 Å². The lowest BCUT2D eigenvalue weighted by Gasteiger charge is -2.38. The van der Waals surface area contributed by atoms with Gasteiger partial charge in [0.05, 0.1) is 53.6 Å². The number of oxime groups is 3. The second-order valence-electron chi connectivity index (χ2n) is 27.8. The minimum absolute atomic E-state index is 0.0327. The molecule has 0 aromatic heterocycles. The van der Waals surface area contributed by atoms with Crippen molar-refractivity contribution < 1.29 is 57.5 Å². The van der Waals surface area contributed by atoms with Gasteiger partial charge >= 0.3 is 17.9 Å². The average molecular weight is 1440 g/mol. The molecule has 18 nitrogen and oxygen atoms in total. The molecule has 2 unspecified atom stereocenters. The van der Waals surface area contributed by atoms with Crippen LogP contribution < -0.4 is 0 Å². The first-order valence-corrected chi connectivity index (χ1v) is 37.4. The Balaban J connectivity index is 0.000000214. The normalized spacial score (nSPS) is 21.7. The summed E-state index contributed by atoms with van der Waals surface area (Å²) in [6, 6.07) is 8.23. The summed E-state index contributed by atoms with van der Waals surface area (Å²) < 4.78 is 16.6. The van der Waals surface area contributed by atoms with Gasteiger partial charge in [0.15, 0.2) is 19.8 Å². The molecular weight excluding hydrogens is 1330 g/mol. The van der Waals surface area contributed by atoms with Gasteiger partial charge in [-0.15, -0.1) is 0 Å². The number of halogens is 2. The Hall–Kier alpha value is -8.09. The highest BCUT2D eigenvalue weighted by atomic mass is 35.5. The molecule has 102 heavy (non-hydrogen) atoms. The Morgan fingerprint density at radius 2 is 0.775 bits per heavy atom. The van der Waals surface area contributed by atoms with Crippen molar-refractivity contribution in [3.8, 4) is 0 Å². The molecule has 0 aliphatic carbocycles. The van der Waals surface area contributed by atoms with Crippen molar-refractivity contribution in [2.75, 3.05) is 65.8 Å². The first kappa shape index (κ1) is 81.2. The number of benzene rings is 3. The second kappa shape index (κ2) is 42.5. The van der Waals surface area contributed by atoms with Crippen molar-refractivity contribution in [1.29, 1.82) is 0 Å². The molecule has 6 aliphatic rings. The van der Waals surface area contributed by atoms with E-state index in [2.05, 4.69) is 67.5 Å². The molecule has 0 spiro atoms. The van der Waals surface area contributed by atoms with E-state index in [1.807, 2.05) is 129 Å². The molecule has 3 aromatic rings. The number of hydrogen-bond acceptors (Lipinski definition) is 15. The van der Waals surface area contributed by atoms with Gasteiger partial charge in [0.25, 0.3) is 17.7 Å². The highest BCUT2D eigenvalue weighted by molar-refractivity contribution is 6.33. The summed E-state index contributed by atoms with van der Waals surface area (Å²) in [5.41, 5.74) is 10.9. The van der Waals surface area contributed by atoms with Crippen molar-refractivity contribution in [3.63, 3.8) is 0 Å². The number of rotatable bonds is 9. The standard InChI is InChI=1S/C28H38N2O4.2C27H35ClN2O4/c1-20-16-21(2)27-24(17-20)18-25(14-9-7-5-6-8-10-15-33-28(27)32)29-34-19-26(31)30-22(3)12-11-13-23(30)4;2*1-19-11-13-30(14-12-19)24(31)18-34-29-22-10-8-6-4-5-7-9-15-33-27(32)25-20(2)16-21(3)26(28)23(25)17-22/h6,8-9,14,16-17,22-23H,5,7,10-13,15,18-19H2,1-4H3;2*5,7-8,10,16,19H,4,6,9,11-15,17-18H2,1-3H3/b8-6+,14-9?,29-25-;7-5+,10-8?,29-22+;7-5+,10-8?,29-22-. The maximum atomic E-state index is 12.9. The zero-order valence-electron chi connectivity index (χ0n) is 61.9. The van der Waals surface area contributed by atoms with Gasteiger partial charge in [-0.25, -0.2) is 14.4 Å². The fourth-order valence-corrected chi connectivity index (χ4v) is 13.8. The number of esters is 3. The van der Waals surface area contributed by atoms with Gasteiger partial charge < -0.3 is 43.4 Å². The number of aryl methyl sites for hydroxylation is 6. The fourth-order valence-electron chi connectivity index (χ4n) is 13.4. The largest absolute Gasteiger partial charge is 0.462 e. The number of allylic oxidation sites excluding steroid dienone is 9. The summed E-state index contributed by atoms with van der Waals surface area (Å²) >= 11 is 13.3. The summed E-state index contributed by atoms with van der Waals surface area (Å²) in [5, 5.41) is 13.9. The maximum absolute atomic E-state index is 12.9. The van der Waals surface area contributed by atoms with E-state index in [1.165, 1.54) is 0 Å². The summed E-state index contributed by atoms with van der Waals surface area (Å²) in [7, 11) is 0. The van der Waals surface area contributed by atoms with E-state index in [4.69, 9.17) is 51.9 Å². The van der Waals surface area contributed by atoms with Gasteiger partial charge in [-0.3, -0.25) is 14.4 Å². The maximum Gasteiger partial charge on any atom is 0.338 e. The molecule has 552 valence electrons. The number of cyclic esters (lactones) is 3. The summed E-state index contributed by atoms with van der Waals surface area (Å²) in [6.45, 7) is 23.9. The molecule has 3 saturated heterocycles. The van der Waals surface area contributed by atoms with E-state index in [9.17, 15) is 28.8 Å². The van der Waals surface area contributed by atoms with Gasteiger partial charge in [-0.05, 0) is 233 Å². The van der Waals surface area contributed by atoms with E-state index < -0.39 is 11.9 Å². The molecule has 0 N–H and O–H groups in total. The molecule has 0 bridgehead atoms. The Bertz CT molecular complexity index is 3490. The number of carbonyl (C=O) groups is 6. The Kier molecular flexibility index (Phi) is 33.8. The third-order valence-corrected chi connectivity index (χ3v) is 20.1. The van der Waals surface area contributed by atoms with Crippen LogP contribution in [-0.4, -0.2) is 145 Å². The SMILES string of the molecule is Cc1cc(C)c2c(c1)C/C(=N\OCC(=O)N1C(C)CCCC1C)C=CCC/C=C/CCOC2=O.Cc1cc(C)c2c(c1Cl)C/C(=N/OCC(=O)N1CCC(C)CC1)C=CCC/C=C/CCOC2=O.Cc1cc(C)c2c(c1Cl)C/C(=N\OCC(=O)N1CCC(C)CC1)C=CCC/C=C/CCOC2=O. The number of fused-ring (bicyclic) bond motifs is 3. The lowest BCUT2D eigenvalue weighted by Crippen LogP contribution is -2.48. The Labute approximate surface area is 615 Å². The van der Waals surface area contributed by atoms with Crippen molar-refractivity contribution in [2.24, 2.45) is 27.3 Å². The molecule has 20 heteroatoms. The van der Waals surface area contributed by atoms with Crippen molar-refractivity contribution in [1.82, 2.24) is 14.7 Å². The zero-order valence-corrected chi connectivity index (χ0v) is 63.4. The minimum atomic E-state index is -0.390. The first-order chi connectivity index (χ1) is 49.1. The smallest absolute Gasteiger partial charge is 0.338 e. The highest BCUT2D eigenvalue weighted by Gasteiger charge is 2.30. The van der Waals surface area contributed by atoms with E-state index in [0.717, 1.165) is 149 Å². The molecule has 9 rings (SSSR count). The van der Waals surface area contributed by atoms with Crippen LogP contribution in [0.3, 0.4) is 0 Å². The predicted octanol–water partition coefficient (Wildman–Crippen LogP) is 16.6. The quantitative estimate of drug-likeness (QED) is 0.0849. The molecular formula is C82H108Cl2N6O12. The van der Waals surface area contributed by atoms with Crippen LogP contribution in [0.4, 0.5) is 0 Å². The van der Waals surface area contributed by atoms with Crippen molar-refractivity contribution >= 4 is 76.0 Å². The number of likely N-dealkylation sites (tertiary alicyclic amines) is 3. The number of piperidine rings is 3. The monoisotopic (exact) mass is 1440 g/mol. The lowest BCUT2D eigenvalue weighted by atomic mass is 9.94. The van der Waals surface area contributed by atoms with Crippen LogP contribution in [0.5, 0.6) is 0 Å². The predicted molar refractivity (Wildman–Crippen MR) is 406 cm³/mol. The Morgan fingerprint density at radius 1 is 0.431 bits per heavy atom. The molecule has 6 aliphatic heterocycles. The van der Waals surface area contributed by atoms with Crippen LogP contribution in [0.2, 0.25) is 10.0 Å². The highest BCUT2D eigenvalue weighted by Crippen LogP contribution is 2.32. The lowest BCUT2D eigenvalue weighted by molar-refractivity contribution is -0.142. The molecule has 0 radical (unpaired) electrons. The van der Waals surface area contributed by atoms with Crippen LogP contribution in [0, 0.1) is 53.4 Å². The average Bonchev–Trinajstić information content (AvgIpc) is 0.802. The summed E-state index contributed by atoms with van der Waals surface area (Å²) in [6.07, 6.45) is 39.7. The van der Waals surface area contributed by atoms with Crippen LogP contribution >= 0.6 is 23.2 Å². The topological polar surface area (TPSA) is 205 Å². The van der Waals surface area contributed by atoms with Crippen LogP contribution in [0.1, 0.15) is 212 Å². The molecule has 3 aromatic carbocycles. The zero-order chi connectivity index (χ0) is 73.5. The van der Waals surface area contributed by atoms with Gasteiger partial charge in [-0.1, -0.05) is 137 Å². The number of nitrogens with zero attached hydrogens (tertiary/aromatic N) is 6. The Morgan fingerprint density at radius 3 is 1.18 bits per heavy atom. The number of hydrogen-bond donors (Lipinski definition) is 0. The molecule has 6 heterocycles. The number of amides is 3. The van der Waals surface area contributed by atoms with Crippen LogP contribution in [-0.2, 0) is 62.4 Å². The molecule has 0 saturated carbocycles. The third-order valence-electron chi connectivity index (χ3n) is 19.1. The summed E-state index contributed by atoms with van der Waals surface area (Å²) in [5.74, 6) is 0.0639. The number of carbonyl (C=O) groups excluding carboxylic acids is 6. The van der Waals surface area contributed by atoms with Crippen LogP contribution in [0.15, 0.2) is 113 Å². The van der Waals surface area contributed by atoms with Crippen molar-refractivity contribution in [3.05, 3.63) is 174 Å².